The molecule has 4 heteroatoms. The van der Waals surface area contributed by atoms with Gasteiger partial charge in [0, 0.05) is 25.8 Å². The molecule has 2 rings (SSSR count). The lowest BCUT2D eigenvalue weighted by molar-refractivity contribution is -0.121. The number of amides is 1. The molecule has 1 fully saturated rings. The Morgan fingerprint density at radius 3 is 3.21 bits per heavy atom. The van der Waals surface area contributed by atoms with Gasteiger partial charge in [-0.1, -0.05) is 6.07 Å². The molecule has 0 radical (unpaired) electrons. The lowest BCUT2D eigenvalue weighted by Gasteiger charge is -2.32. The SMILES string of the molecule is O=CN1CCNCC1c1ccccn1. The highest BCUT2D eigenvalue weighted by Gasteiger charge is 2.22. The lowest BCUT2D eigenvalue weighted by atomic mass is 10.1. The lowest BCUT2D eigenvalue weighted by Crippen LogP contribution is -2.45. The van der Waals surface area contributed by atoms with Crippen molar-refractivity contribution in [3.8, 4) is 0 Å². The molecule has 1 saturated heterocycles. The normalized spacial score (nSPS) is 22.0. The largest absolute Gasteiger partial charge is 0.334 e. The Bertz CT molecular complexity index is 301. The Morgan fingerprint density at radius 1 is 1.57 bits per heavy atom. The third-order valence-corrected chi connectivity index (χ3v) is 2.45. The summed E-state index contributed by atoms with van der Waals surface area (Å²) in [6.07, 6.45) is 2.66. The maximum Gasteiger partial charge on any atom is 0.210 e. The zero-order valence-corrected chi connectivity index (χ0v) is 7.89. The van der Waals surface area contributed by atoms with E-state index in [1.807, 2.05) is 18.2 Å². The molecule has 1 aromatic heterocycles. The van der Waals surface area contributed by atoms with Crippen molar-refractivity contribution in [3.63, 3.8) is 0 Å². The summed E-state index contributed by atoms with van der Waals surface area (Å²) in [6.45, 7) is 2.41. The minimum Gasteiger partial charge on any atom is -0.334 e. The minimum absolute atomic E-state index is 0.0856. The van der Waals surface area contributed by atoms with Gasteiger partial charge in [0.1, 0.15) is 0 Å². The summed E-state index contributed by atoms with van der Waals surface area (Å²) in [5.41, 5.74) is 0.951. The number of rotatable bonds is 2. The van der Waals surface area contributed by atoms with Crippen LogP contribution in [0.1, 0.15) is 11.7 Å². The highest BCUT2D eigenvalue weighted by atomic mass is 16.1. The Balaban J connectivity index is 2.19. The Kier molecular flexibility index (Phi) is 2.74. The Morgan fingerprint density at radius 2 is 2.50 bits per heavy atom. The van der Waals surface area contributed by atoms with Crippen LogP contribution in [0.2, 0.25) is 0 Å². The molecule has 1 amide bonds. The van der Waals surface area contributed by atoms with E-state index in [0.717, 1.165) is 31.7 Å². The van der Waals surface area contributed by atoms with Crippen LogP contribution in [-0.2, 0) is 4.79 Å². The van der Waals surface area contributed by atoms with Gasteiger partial charge in [-0.2, -0.15) is 0 Å². The molecule has 74 valence electrons. The molecule has 0 spiro atoms. The van der Waals surface area contributed by atoms with Crippen LogP contribution in [0.4, 0.5) is 0 Å². The third kappa shape index (κ3) is 1.75. The van der Waals surface area contributed by atoms with Crippen LogP contribution < -0.4 is 5.32 Å². The average molecular weight is 191 g/mol. The molecule has 1 aliphatic rings. The number of carbonyl (C=O) groups is 1. The van der Waals surface area contributed by atoms with Crippen molar-refractivity contribution in [1.82, 2.24) is 15.2 Å². The summed E-state index contributed by atoms with van der Waals surface area (Å²) in [4.78, 5) is 16.9. The van der Waals surface area contributed by atoms with Gasteiger partial charge in [0.15, 0.2) is 0 Å². The van der Waals surface area contributed by atoms with Crippen molar-refractivity contribution in [3.05, 3.63) is 30.1 Å². The first-order valence-electron chi connectivity index (χ1n) is 4.74. The second-order valence-corrected chi connectivity index (χ2v) is 3.32. The van der Waals surface area contributed by atoms with E-state index in [-0.39, 0.29) is 6.04 Å². The van der Waals surface area contributed by atoms with E-state index < -0.39 is 0 Å². The second-order valence-electron chi connectivity index (χ2n) is 3.32. The molecule has 1 aliphatic heterocycles. The molecule has 14 heavy (non-hydrogen) atoms. The Labute approximate surface area is 82.9 Å². The van der Waals surface area contributed by atoms with Gasteiger partial charge in [0.2, 0.25) is 6.41 Å². The molecule has 1 N–H and O–H groups in total. The molecule has 0 bridgehead atoms. The van der Waals surface area contributed by atoms with Crippen molar-refractivity contribution in [1.29, 1.82) is 0 Å². The van der Waals surface area contributed by atoms with Gasteiger partial charge in [-0.3, -0.25) is 9.78 Å². The van der Waals surface area contributed by atoms with E-state index in [2.05, 4.69) is 10.3 Å². The standard InChI is InChI=1S/C10H13N3O/c14-8-13-6-5-11-7-10(13)9-3-1-2-4-12-9/h1-4,8,10-11H,5-7H2. The number of piperazine rings is 1. The number of hydrogen-bond donors (Lipinski definition) is 1. The van der Waals surface area contributed by atoms with Crippen molar-refractivity contribution >= 4 is 6.41 Å². The maximum absolute atomic E-state index is 10.8. The molecular formula is C10H13N3O. The van der Waals surface area contributed by atoms with Gasteiger partial charge in [0.25, 0.3) is 0 Å². The van der Waals surface area contributed by atoms with E-state index in [4.69, 9.17) is 0 Å². The van der Waals surface area contributed by atoms with Crippen LogP contribution in [-0.4, -0.2) is 35.9 Å². The van der Waals surface area contributed by atoms with E-state index >= 15 is 0 Å². The third-order valence-electron chi connectivity index (χ3n) is 2.45. The van der Waals surface area contributed by atoms with Crippen molar-refractivity contribution in [2.24, 2.45) is 0 Å². The molecule has 1 aromatic rings. The predicted molar refractivity (Wildman–Crippen MR) is 52.6 cm³/mol. The molecule has 0 saturated carbocycles. The molecule has 0 aromatic carbocycles. The first-order chi connectivity index (χ1) is 6.92. The smallest absolute Gasteiger partial charge is 0.210 e. The summed E-state index contributed by atoms with van der Waals surface area (Å²) in [5, 5.41) is 3.26. The van der Waals surface area contributed by atoms with E-state index in [9.17, 15) is 4.79 Å². The molecule has 2 heterocycles. The van der Waals surface area contributed by atoms with Crippen LogP contribution in [0, 0.1) is 0 Å². The zero-order valence-electron chi connectivity index (χ0n) is 7.89. The van der Waals surface area contributed by atoms with Crippen molar-refractivity contribution < 1.29 is 4.79 Å². The van der Waals surface area contributed by atoms with Gasteiger partial charge in [-0.05, 0) is 12.1 Å². The van der Waals surface area contributed by atoms with Gasteiger partial charge >= 0.3 is 0 Å². The number of carbonyl (C=O) groups excluding carboxylic acids is 1. The van der Waals surface area contributed by atoms with Crippen LogP contribution >= 0.6 is 0 Å². The second kappa shape index (κ2) is 4.19. The molecular weight excluding hydrogens is 178 g/mol. The maximum atomic E-state index is 10.8. The predicted octanol–water partition coefficient (Wildman–Crippen LogP) is 0.184. The average Bonchev–Trinajstić information content (AvgIpc) is 2.30. The van der Waals surface area contributed by atoms with Gasteiger partial charge in [-0.15, -0.1) is 0 Å². The fraction of sp³-hybridized carbons (Fsp3) is 0.400. The summed E-state index contributed by atoms with van der Waals surface area (Å²) >= 11 is 0. The zero-order chi connectivity index (χ0) is 9.80. The fourth-order valence-corrected chi connectivity index (χ4v) is 1.69. The highest BCUT2D eigenvalue weighted by molar-refractivity contribution is 5.48. The molecule has 4 nitrogen and oxygen atoms in total. The van der Waals surface area contributed by atoms with Crippen LogP contribution in [0.3, 0.4) is 0 Å². The van der Waals surface area contributed by atoms with Crippen molar-refractivity contribution in [2.75, 3.05) is 19.6 Å². The molecule has 0 aliphatic carbocycles. The number of aromatic nitrogens is 1. The first-order valence-corrected chi connectivity index (χ1v) is 4.74. The van der Waals surface area contributed by atoms with E-state index in [1.54, 1.807) is 11.1 Å². The number of nitrogens with zero attached hydrogens (tertiary/aromatic N) is 2. The fourth-order valence-electron chi connectivity index (χ4n) is 1.69. The van der Waals surface area contributed by atoms with Gasteiger partial charge in [0.05, 0.1) is 11.7 Å². The van der Waals surface area contributed by atoms with Crippen LogP contribution in [0.15, 0.2) is 24.4 Å². The summed E-state index contributed by atoms with van der Waals surface area (Å²) < 4.78 is 0. The van der Waals surface area contributed by atoms with Crippen LogP contribution in [0.5, 0.6) is 0 Å². The van der Waals surface area contributed by atoms with Gasteiger partial charge < -0.3 is 10.2 Å². The Hall–Kier alpha value is -1.42. The first kappa shape index (κ1) is 9.15. The summed E-state index contributed by atoms with van der Waals surface area (Å²) in [6, 6.07) is 5.86. The molecule has 1 atom stereocenters. The summed E-state index contributed by atoms with van der Waals surface area (Å²) in [7, 11) is 0. The minimum atomic E-state index is 0.0856. The molecule has 1 unspecified atom stereocenters. The topological polar surface area (TPSA) is 45.2 Å². The van der Waals surface area contributed by atoms with Crippen LogP contribution in [0.25, 0.3) is 0 Å². The number of pyridine rings is 1. The van der Waals surface area contributed by atoms with Crippen molar-refractivity contribution in [2.45, 2.75) is 6.04 Å². The monoisotopic (exact) mass is 191 g/mol. The van der Waals surface area contributed by atoms with E-state index in [1.165, 1.54) is 0 Å². The van der Waals surface area contributed by atoms with E-state index in [0.29, 0.717) is 0 Å². The van der Waals surface area contributed by atoms with Gasteiger partial charge in [-0.25, -0.2) is 0 Å². The number of nitrogens with one attached hydrogen (secondary N) is 1. The highest BCUT2D eigenvalue weighted by Crippen LogP contribution is 2.17. The summed E-state index contributed by atoms with van der Waals surface area (Å²) in [5.74, 6) is 0. The quantitative estimate of drug-likeness (QED) is 0.678. The number of hydrogen-bond acceptors (Lipinski definition) is 3.